The minimum absolute atomic E-state index is 0.271. The molecule has 26 heavy (non-hydrogen) atoms. The number of benzene rings is 2. The van der Waals surface area contributed by atoms with E-state index in [1.165, 1.54) is 22.7 Å². The number of carbonyl (C=O) groups is 1. The fourth-order valence-corrected chi connectivity index (χ4v) is 3.98. The molecule has 2 heterocycles. The Labute approximate surface area is 153 Å². The Morgan fingerprint density at radius 3 is 2.92 bits per heavy atom. The molecule has 3 aromatic rings. The molecule has 0 saturated carbocycles. The maximum atomic E-state index is 12.7. The van der Waals surface area contributed by atoms with Gasteiger partial charge in [0.2, 0.25) is 5.91 Å². The lowest BCUT2D eigenvalue weighted by Crippen LogP contribution is -2.36. The molecule has 134 valence electrons. The molecular formula is C21H24N4O. The Bertz CT molecular complexity index is 869. The summed E-state index contributed by atoms with van der Waals surface area (Å²) >= 11 is 0. The van der Waals surface area contributed by atoms with Crippen LogP contribution in [0.1, 0.15) is 31.2 Å². The summed E-state index contributed by atoms with van der Waals surface area (Å²) in [6, 6.07) is 15.3. The largest absolute Gasteiger partial charge is 0.339 e. The normalized spacial score (nSPS) is 17.1. The van der Waals surface area contributed by atoms with Gasteiger partial charge in [0.15, 0.2) is 0 Å². The van der Waals surface area contributed by atoms with Crippen molar-refractivity contribution >= 4 is 16.7 Å². The molecule has 1 saturated heterocycles. The fraction of sp³-hybridized carbons (Fsp3) is 0.381. The number of likely N-dealkylation sites (tertiary alicyclic amines) is 1. The maximum absolute atomic E-state index is 12.7. The summed E-state index contributed by atoms with van der Waals surface area (Å²) in [7, 11) is 0. The van der Waals surface area contributed by atoms with Gasteiger partial charge in [-0.3, -0.25) is 9.48 Å². The number of nitrogens with zero attached hydrogens (tertiary/aromatic N) is 4. The SMILES string of the molecule is O=C(CCCn1cncn1)N1CCC[C@@H]1Cc1cccc2ccccc12. The van der Waals surface area contributed by atoms with Crippen LogP contribution in [0.15, 0.2) is 55.1 Å². The van der Waals surface area contributed by atoms with Gasteiger partial charge in [-0.1, -0.05) is 42.5 Å². The lowest BCUT2D eigenvalue weighted by atomic mass is 9.97. The molecule has 1 atom stereocenters. The van der Waals surface area contributed by atoms with Crippen molar-refractivity contribution in [3.05, 3.63) is 60.7 Å². The summed E-state index contributed by atoms with van der Waals surface area (Å²) in [6.07, 6.45) is 7.75. The van der Waals surface area contributed by atoms with Crippen LogP contribution >= 0.6 is 0 Å². The molecular weight excluding hydrogens is 324 g/mol. The molecule has 0 spiro atoms. The lowest BCUT2D eigenvalue weighted by molar-refractivity contribution is -0.132. The maximum Gasteiger partial charge on any atom is 0.222 e. The molecule has 1 aliphatic rings. The van der Waals surface area contributed by atoms with Crippen LogP contribution in [0.5, 0.6) is 0 Å². The van der Waals surface area contributed by atoms with Gasteiger partial charge in [0.1, 0.15) is 12.7 Å². The summed E-state index contributed by atoms with van der Waals surface area (Å²) in [6.45, 7) is 1.63. The summed E-state index contributed by atoms with van der Waals surface area (Å²) in [5, 5.41) is 6.67. The van der Waals surface area contributed by atoms with Gasteiger partial charge in [-0.05, 0) is 42.0 Å². The van der Waals surface area contributed by atoms with Gasteiger partial charge >= 0.3 is 0 Å². The van der Waals surface area contributed by atoms with Crippen molar-refractivity contribution in [2.45, 2.75) is 44.7 Å². The quantitative estimate of drug-likeness (QED) is 0.686. The van der Waals surface area contributed by atoms with Crippen LogP contribution in [0.3, 0.4) is 0 Å². The Hall–Kier alpha value is -2.69. The van der Waals surface area contributed by atoms with E-state index in [4.69, 9.17) is 0 Å². The van der Waals surface area contributed by atoms with E-state index in [0.717, 1.165) is 38.8 Å². The molecule has 1 aromatic heterocycles. The van der Waals surface area contributed by atoms with Crippen LogP contribution in [-0.4, -0.2) is 38.2 Å². The predicted octanol–water partition coefficient (Wildman–Crippen LogP) is 3.45. The van der Waals surface area contributed by atoms with Crippen molar-refractivity contribution < 1.29 is 4.79 Å². The van der Waals surface area contributed by atoms with Gasteiger partial charge < -0.3 is 4.90 Å². The second kappa shape index (κ2) is 7.68. The van der Waals surface area contributed by atoms with Gasteiger partial charge in [-0.2, -0.15) is 5.10 Å². The van der Waals surface area contributed by atoms with Crippen molar-refractivity contribution in [3.8, 4) is 0 Å². The van der Waals surface area contributed by atoms with E-state index in [0.29, 0.717) is 12.5 Å². The van der Waals surface area contributed by atoms with E-state index < -0.39 is 0 Å². The Kier molecular flexibility index (Phi) is 4.95. The molecule has 4 rings (SSSR count). The van der Waals surface area contributed by atoms with Gasteiger partial charge in [-0.15, -0.1) is 0 Å². The molecule has 2 aromatic carbocycles. The highest BCUT2D eigenvalue weighted by Crippen LogP contribution is 2.26. The molecule has 1 amide bonds. The monoisotopic (exact) mass is 348 g/mol. The first-order valence-electron chi connectivity index (χ1n) is 9.40. The third-order valence-corrected chi connectivity index (χ3v) is 5.28. The van der Waals surface area contributed by atoms with E-state index >= 15 is 0 Å². The highest BCUT2D eigenvalue weighted by Gasteiger charge is 2.28. The van der Waals surface area contributed by atoms with Crippen LogP contribution in [0, 0.1) is 0 Å². The van der Waals surface area contributed by atoms with E-state index in [-0.39, 0.29) is 5.91 Å². The molecule has 5 nitrogen and oxygen atoms in total. The van der Waals surface area contributed by atoms with Gasteiger partial charge in [0.05, 0.1) is 0 Å². The highest BCUT2D eigenvalue weighted by molar-refractivity contribution is 5.85. The second-order valence-corrected chi connectivity index (χ2v) is 6.99. The number of carbonyl (C=O) groups excluding carboxylic acids is 1. The standard InChI is InChI=1S/C21H24N4O/c26-21(11-5-12-24-16-22-15-23-24)25-13-4-9-19(25)14-18-8-3-7-17-6-1-2-10-20(17)18/h1-3,6-8,10,15-16,19H,4-5,9,11-14H2/t19-/m1/s1. The first-order chi connectivity index (χ1) is 12.8. The molecule has 0 aliphatic carbocycles. The summed E-state index contributed by atoms with van der Waals surface area (Å²) < 4.78 is 1.78. The molecule has 0 unspecified atom stereocenters. The van der Waals surface area contributed by atoms with E-state index in [1.54, 1.807) is 11.0 Å². The first-order valence-corrected chi connectivity index (χ1v) is 9.40. The number of hydrogen-bond donors (Lipinski definition) is 0. The Balaban J connectivity index is 1.40. The average molecular weight is 348 g/mol. The highest BCUT2D eigenvalue weighted by atomic mass is 16.2. The number of aromatic nitrogens is 3. The van der Waals surface area contributed by atoms with Crippen LogP contribution in [0.4, 0.5) is 0 Å². The third-order valence-electron chi connectivity index (χ3n) is 5.28. The van der Waals surface area contributed by atoms with Crippen LogP contribution in [-0.2, 0) is 17.8 Å². The van der Waals surface area contributed by atoms with E-state index in [9.17, 15) is 4.79 Å². The fourth-order valence-electron chi connectivity index (χ4n) is 3.98. The Morgan fingerprint density at radius 1 is 1.15 bits per heavy atom. The Morgan fingerprint density at radius 2 is 2.04 bits per heavy atom. The molecule has 1 aliphatic heterocycles. The molecule has 0 bridgehead atoms. The zero-order valence-corrected chi connectivity index (χ0v) is 14.9. The number of rotatable bonds is 6. The number of hydrogen-bond acceptors (Lipinski definition) is 3. The number of aryl methyl sites for hydroxylation is 1. The van der Waals surface area contributed by atoms with Crippen LogP contribution in [0.2, 0.25) is 0 Å². The van der Waals surface area contributed by atoms with Crippen molar-refractivity contribution in [2.75, 3.05) is 6.54 Å². The third kappa shape index (κ3) is 3.62. The minimum Gasteiger partial charge on any atom is -0.339 e. The molecule has 0 N–H and O–H groups in total. The second-order valence-electron chi connectivity index (χ2n) is 6.99. The van der Waals surface area contributed by atoms with Crippen LogP contribution in [0.25, 0.3) is 10.8 Å². The summed E-state index contributed by atoms with van der Waals surface area (Å²) in [4.78, 5) is 18.8. The minimum atomic E-state index is 0.271. The van der Waals surface area contributed by atoms with Crippen LogP contribution < -0.4 is 0 Å². The van der Waals surface area contributed by atoms with Crippen molar-refractivity contribution in [2.24, 2.45) is 0 Å². The smallest absolute Gasteiger partial charge is 0.222 e. The lowest BCUT2D eigenvalue weighted by Gasteiger charge is -2.25. The zero-order chi connectivity index (χ0) is 17.8. The molecule has 0 radical (unpaired) electrons. The number of fused-ring (bicyclic) bond motifs is 1. The number of amides is 1. The van der Waals surface area contributed by atoms with E-state index in [1.807, 2.05) is 0 Å². The van der Waals surface area contributed by atoms with Gasteiger partial charge in [0, 0.05) is 25.6 Å². The molecule has 1 fully saturated rings. The topological polar surface area (TPSA) is 51.0 Å². The van der Waals surface area contributed by atoms with Crippen molar-refractivity contribution in [3.63, 3.8) is 0 Å². The van der Waals surface area contributed by atoms with Crippen molar-refractivity contribution in [1.29, 1.82) is 0 Å². The summed E-state index contributed by atoms with van der Waals surface area (Å²) in [5.74, 6) is 0.271. The molecule has 5 heteroatoms. The average Bonchev–Trinajstić information content (AvgIpc) is 3.34. The van der Waals surface area contributed by atoms with Gasteiger partial charge in [-0.25, -0.2) is 4.98 Å². The van der Waals surface area contributed by atoms with Gasteiger partial charge in [0.25, 0.3) is 0 Å². The zero-order valence-electron chi connectivity index (χ0n) is 14.9. The van der Waals surface area contributed by atoms with Crippen molar-refractivity contribution in [1.82, 2.24) is 19.7 Å². The predicted molar refractivity (Wildman–Crippen MR) is 102 cm³/mol. The summed E-state index contributed by atoms with van der Waals surface area (Å²) in [5.41, 5.74) is 1.34. The first kappa shape index (κ1) is 16.8. The van der Waals surface area contributed by atoms with E-state index in [2.05, 4.69) is 57.4 Å².